The Morgan fingerprint density at radius 2 is 1.77 bits per heavy atom. The van der Waals surface area contributed by atoms with Crippen LogP contribution < -0.4 is 10.2 Å². The second-order valence-electron chi connectivity index (χ2n) is 6.99. The van der Waals surface area contributed by atoms with Crippen LogP contribution >= 0.6 is 11.3 Å². The van der Waals surface area contributed by atoms with Gasteiger partial charge in [-0.25, -0.2) is 4.90 Å². The lowest BCUT2D eigenvalue weighted by Gasteiger charge is -2.18. The maximum absolute atomic E-state index is 12.9. The maximum Gasteiger partial charge on any atom is 0.265 e. The van der Waals surface area contributed by atoms with Gasteiger partial charge in [0.05, 0.1) is 22.4 Å². The number of nitrogens with one attached hydrogen (secondary N) is 1. The van der Waals surface area contributed by atoms with Crippen LogP contribution in [0, 0.1) is 23.7 Å². The van der Waals surface area contributed by atoms with E-state index in [1.54, 1.807) is 30.3 Å². The lowest BCUT2D eigenvalue weighted by atomic mass is 9.85. The summed E-state index contributed by atoms with van der Waals surface area (Å²) in [4.78, 5) is 39.9. The van der Waals surface area contributed by atoms with Crippen molar-refractivity contribution in [1.82, 2.24) is 0 Å². The van der Waals surface area contributed by atoms with Crippen LogP contribution in [-0.2, 0) is 9.59 Å². The Morgan fingerprint density at radius 3 is 2.42 bits per heavy atom. The molecular formula is C20H16N2O3S. The number of nitrogens with zero attached hydrogens (tertiary/aromatic N) is 1. The summed E-state index contributed by atoms with van der Waals surface area (Å²) in [5, 5.41) is 4.67. The molecule has 1 aliphatic heterocycles. The van der Waals surface area contributed by atoms with Crippen LogP contribution in [0.4, 0.5) is 11.4 Å². The molecule has 130 valence electrons. The summed E-state index contributed by atoms with van der Waals surface area (Å²) in [6.45, 7) is 0. The van der Waals surface area contributed by atoms with Crippen molar-refractivity contribution in [2.75, 3.05) is 10.2 Å². The van der Waals surface area contributed by atoms with E-state index in [1.807, 2.05) is 11.4 Å². The third-order valence-electron chi connectivity index (χ3n) is 5.58. The number of benzene rings is 1. The number of allylic oxidation sites excluding steroid dienone is 2. The van der Waals surface area contributed by atoms with Gasteiger partial charge in [0.25, 0.3) is 5.91 Å². The van der Waals surface area contributed by atoms with Gasteiger partial charge in [0.1, 0.15) is 0 Å². The molecule has 2 aliphatic carbocycles. The van der Waals surface area contributed by atoms with E-state index in [0.717, 1.165) is 6.42 Å². The van der Waals surface area contributed by atoms with Gasteiger partial charge in [-0.2, -0.15) is 0 Å². The first-order chi connectivity index (χ1) is 12.6. The predicted octanol–water partition coefficient (Wildman–Crippen LogP) is 3.31. The Morgan fingerprint density at radius 1 is 1.04 bits per heavy atom. The molecule has 0 spiro atoms. The van der Waals surface area contributed by atoms with Crippen LogP contribution in [0.15, 0.2) is 53.9 Å². The zero-order chi connectivity index (χ0) is 17.8. The standard InChI is InChI=1S/C20H16N2O3S/c23-18(15-5-2-8-26-15)21-13-3-1-4-14(10-13)22-19(24)16-11-6-7-12(9-11)17(16)20(22)25/h1-8,10-12,16-17H,9H2,(H,21,23)/t11-,12-,16+,17+/m0/s1. The fourth-order valence-electron chi connectivity index (χ4n) is 4.48. The van der Waals surface area contributed by atoms with Gasteiger partial charge >= 0.3 is 0 Å². The molecule has 6 heteroatoms. The van der Waals surface area contributed by atoms with Crippen molar-refractivity contribution in [2.24, 2.45) is 23.7 Å². The first-order valence-electron chi connectivity index (χ1n) is 8.64. The zero-order valence-corrected chi connectivity index (χ0v) is 14.6. The highest BCUT2D eigenvalue weighted by Crippen LogP contribution is 2.53. The number of thiophene rings is 1. The number of rotatable bonds is 3. The minimum Gasteiger partial charge on any atom is -0.321 e. The van der Waals surface area contributed by atoms with Crippen molar-refractivity contribution in [2.45, 2.75) is 6.42 Å². The average molecular weight is 364 g/mol. The van der Waals surface area contributed by atoms with Crippen molar-refractivity contribution in [1.29, 1.82) is 0 Å². The zero-order valence-electron chi connectivity index (χ0n) is 13.8. The second-order valence-corrected chi connectivity index (χ2v) is 7.94. The highest BCUT2D eigenvalue weighted by Gasteiger charge is 2.59. The lowest BCUT2D eigenvalue weighted by Crippen LogP contribution is -2.32. The average Bonchev–Trinajstić information content (AvgIpc) is 3.39. The van der Waals surface area contributed by atoms with Gasteiger partial charge < -0.3 is 5.32 Å². The highest BCUT2D eigenvalue weighted by molar-refractivity contribution is 7.12. The molecule has 2 heterocycles. The van der Waals surface area contributed by atoms with Crippen LogP contribution in [0.3, 0.4) is 0 Å². The molecule has 3 aliphatic rings. The molecule has 2 bridgehead atoms. The Hall–Kier alpha value is -2.73. The molecule has 0 unspecified atom stereocenters. The molecule has 0 radical (unpaired) electrons. The van der Waals surface area contributed by atoms with E-state index in [2.05, 4.69) is 17.5 Å². The van der Waals surface area contributed by atoms with E-state index in [0.29, 0.717) is 16.3 Å². The summed E-state index contributed by atoms with van der Waals surface area (Å²) in [7, 11) is 0. The second kappa shape index (κ2) is 5.64. The molecule has 1 N–H and O–H groups in total. The number of carbonyl (C=O) groups excluding carboxylic acids is 3. The number of imide groups is 1. The first kappa shape index (κ1) is 15.5. The maximum atomic E-state index is 12.9. The molecule has 3 amide bonds. The van der Waals surface area contributed by atoms with Crippen LogP contribution in [0.2, 0.25) is 0 Å². The van der Waals surface area contributed by atoms with Crippen LogP contribution in [0.5, 0.6) is 0 Å². The van der Waals surface area contributed by atoms with Gasteiger partial charge in [0.15, 0.2) is 0 Å². The SMILES string of the molecule is O=C(Nc1cccc(N2C(=O)[C@H]3[C@H](C2=O)[C@H]2C=C[C@H]3C2)c1)c1cccs1. The number of hydrogen-bond donors (Lipinski definition) is 1. The first-order valence-corrected chi connectivity index (χ1v) is 9.52. The fourth-order valence-corrected chi connectivity index (χ4v) is 5.10. The molecule has 1 saturated heterocycles. The molecular weight excluding hydrogens is 348 g/mol. The normalized spacial score (nSPS) is 28.7. The van der Waals surface area contributed by atoms with E-state index in [-0.39, 0.29) is 41.4 Å². The molecule has 2 aromatic rings. The largest absolute Gasteiger partial charge is 0.321 e. The quantitative estimate of drug-likeness (QED) is 0.671. The summed E-state index contributed by atoms with van der Waals surface area (Å²) < 4.78 is 0. The van der Waals surface area contributed by atoms with Crippen molar-refractivity contribution in [3.8, 4) is 0 Å². The third kappa shape index (κ3) is 2.18. The number of fused-ring (bicyclic) bond motifs is 5. The van der Waals surface area contributed by atoms with E-state index < -0.39 is 0 Å². The monoisotopic (exact) mass is 364 g/mol. The van der Waals surface area contributed by atoms with Gasteiger partial charge in [-0.05, 0) is 47.9 Å². The molecule has 2 fully saturated rings. The summed E-state index contributed by atoms with van der Waals surface area (Å²) >= 11 is 1.36. The van der Waals surface area contributed by atoms with Gasteiger partial charge in [-0.1, -0.05) is 24.3 Å². The van der Waals surface area contributed by atoms with E-state index >= 15 is 0 Å². The lowest BCUT2D eigenvalue weighted by molar-refractivity contribution is -0.123. The molecule has 1 aromatic carbocycles. The van der Waals surface area contributed by atoms with Gasteiger partial charge in [0.2, 0.25) is 11.8 Å². The van der Waals surface area contributed by atoms with E-state index in [9.17, 15) is 14.4 Å². The van der Waals surface area contributed by atoms with Crippen LogP contribution in [0.1, 0.15) is 16.1 Å². The molecule has 5 nitrogen and oxygen atoms in total. The fraction of sp³-hybridized carbons (Fsp3) is 0.250. The smallest absolute Gasteiger partial charge is 0.265 e. The summed E-state index contributed by atoms with van der Waals surface area (Å²) in [6, 6.07) is 10.5. The number of amides is 3. The summed E-state index contributed by atoms with van der Waals surface area (Å²) in [5.74, 6) is -0.488. The Bertz CT molecular complexity index is 920. The Kier molecular flexibility index (Phi) is 3.37. The minimum atomic E-state index is -0.220. The number of hydrogen-bond acceptors (Lipinski definition) is 4. The van der Waals surface area contributed by atoms with Crippen molar-refractivity contribution < 1.29 is 14.4 Å². The third-order valence-corrected chi connectivity index (χ3v) is 6.45. The minimum absolute atomic E-state index is 0.112. The van der Waals surface area contributed by atoms with Crippen molar-refractivity contribution >= 4 is 40.4 Å². The van der Waals surface area contributed by atoms with E-state index in [1.165, 1.54) is 16.2 Å². The van der Waals surface area contributed by atoms with Gasteiger partial charge in [-0.3, -0.25) is 14.4 Å². The summed E-state index contributed by atoms with van der Waals surface area (Å²) in [6.07, 6.45) is 5.08. The Balaban J connectivity index is 1.42. The molecule has 26 heavy (non-hydrogen) atoms. The van der Waals surface area contributed by atoms with E-state index in [4.69, 9.17) is 0 Å². The number of anilines is 2. The molecule has 1 aromatic heterocycles. The number of carbonyl (C=O) groups is 3. The van der Waals surface area contributed by atoms with Crippen LogP contribution in [-0.4, -0.2) is 17.7 Å². The Labute approximate surface area is 154 Å². The van der Waals surface area contributed by atoms with Gasteiger partial charge in [-0.15, -0.1) is 11.3 Å². The molecule has 4 atom stereocenters. The van der Waals surface area contributed by atoms with Crippen LogP contribution in [0.25, 0.3) is 0 Å². The van der Waals surface area contributed by atoms with Crippen molar-refractivity contribution in [3.05, 3.63) is 58.8 Å². The topological polar surface area (TPSA) is 66.5 Å². The summed E-state index contributed by atoms with van der Waals surface area (Å²) in [5.41, 5.74) is 1.09. The van der Waals surface area contributed by atoms with Crippen molar-refractivity contribution in [3.63, 3.8) is 0 Å². The predicted molar refractivity (Wildman–Crippen MR) is 98.9 cm³/mol. The molecule has 1 saturated carbocycles. The van der Waals surface area contributed by atoms with Gasteiger partial charge in [0, 0.05) is 5.69 Å². The highest BCUT2D eigenvalue weighted by atomic mass is 32.1. The molecule has 5 rings (SSSR count).